The predicted molar refractivity (Wildman–Crippen MR) is 98.2 cm³/mol. The molecule has 10 heteroatoms. The van der Waals surface area contributed by atoms with Crippen molar-refractivity contribution in [2.45, 2.75) is 13.1 Å². The number of fused-ring (bicyclic) bond motifs is 1. The Hall–Kier alpha value is -3.27. The van der Waals surface area contributed by atoms with E-state index in [-0.39, 0.29) is 22.1 Å². The first-order chi connectivity index (χ1) is 13.3. The van der Waals surface area contributed by atoms with Gasteiger partial charge in [-0.25, -0.2) is 9.97 Å². The molecule has 28 heavy (non-hydrogen) atoms. The van der Waals surface area contributed by atoms with Crippen molar-refractivity contribution in [2.75, 3.05) is 5.32 Å². The molecule has 1 amide bonds. The lowest BCUT2D eigenvalue weighted by Crippen LogP contribution is -2.14. The second-order valence-electron chi connectivity index (χ2n) is 5.91. The Morgan fingerprint density at radius 3 is 2.61 bits per heavy atom. The van der Waals surface area contributed by atoms with Gasteiger partial charge in [0.2, 0.25) is 0 Å². The van der Waals surface area contributed by atoms with Gasteiger partial charge in [-0.1, -0.05) is 18.2 Å². The first-order valence-electron chi connectivity index (χ1n) is 8.08. The molecule has 3 aromatic heterocycles. The molecule has 0 aliphatic heterocycles. The smallest absolute Gasteiger partial charge is 0.303 e. The highest BCUT2D eigenvalue weighted by Crippen LogP contribution is 2.36. The van der Waals surface area contributed by atoms with Crippen LogP contribution in [0.15, 0.2) is 48.8 Å². The number of carbonyl (C=O) groups is 1. The second kappa shape index (κ2) is 6.71. The first kappa shape index (κ1) is 18.1. The van der Waals surface area contributed by atoms with Gasteiger partial charge in [0.1, 0.15) is 0 Å². The number of aryl methyl sites for hydroxylation is 1. The molecule has 4 rings (SSSR count). The van der Waals surface area contributed by atoms with Crippen LogP contribution in [0.5, 0.6) is 0 Å². The van der Waals surface area contributed by atoms with Crippen molar-refractivity contribution in [3.05, 3.63) is 64.2 Å². The van der Waals surface area contributed by atoms with Crippen LogP contribution in [0, 0.1) is 6.92 Å². The summed E-state index contributed by atoms with van der Waals surface area (Å²) in [5.41, 5.74) is -0.345. The highest BCUT2D eigenvalue weighted by molar-refractivity contribution is 7.13. The SMILES string of the molecule is Cc1cnc(C(=O)Nc2cnc3ccc(-c4ccccc4C(F)(F)F)nn23)s1. The minimum absolute atomic E-state index is 0.0570. The molecule has 0 radical (unpaired) electrons. The van der Waals surface area contributed by atoms with E-state index >= 15 is 0 Å². The quantitative estimate of drug-likeness (QED) is 0.549. The Balaban J connectivity index is 1.74. The van der Waals surface area contributed by atoms with E-state index in [0.717, 1.165) is 10.9 Å². The molecule has 3 heterocycles. The summed E-state index contributed by atoms with van der Waals surface area (Å²) >= 11 is 1.23. The van der Waals surface area contributed by atoms with E-state index in [1.165, 1.54) is 46.3 Å². The fourth-order valence-electron chi connectivity index (χ4n) is 2.69. The fourth-order valence-corrected chi connectivity index (χ4v) is 3.34. The first-order valence-corrected chi connectivity index (χ1v) is 8.90. The number of rotatable bonds is 3. The normalized spacial score (nSPS) is 11.7. The zero-order chi connectivity index (χ0) is 19.9. The van der Waals surface area contributed by atoms with E-state index in [0.29, 0.717) is 5.65 Å². The molecule has 0 unspecified atom stereocenters. The van der Waals surface area contributed by atoms with Crippen molar-refractivity contribution >= 4 is 28.7 Å². The van der Waals surface area contributed by atoms with E-state index in [1.807, 2.05) is 6.92 Å². The van der Waals surface area contributed by atoms with Gasteiger partial charge < -0.3 is 5.32 Å². The summed E-state index contributed by atoms with van der Waals surface area (Å²) in [7, 11) is 0. The maximum absolute atomic E-state index is 13.3. The third-order valence-electron chi connectivity index (χ3n) is 3.93. The van der Waals surface area contributed by atoms with Gasteiger partial charge >= 0.3 is 6.18 Å². The minimum atomic E-state index is -4.51. The number of benzene rings is 1. The Labute approximate surface area is 160 Å². The molecule has 0 atom stereocenters. The van der Waals surface area contributed by atoms with Crippen molar-refractivity contribution < 1.29 is 18.0 Å². The molecule has 0 spiro atoms. The maximum atomic E-state index is 13.3. The van der Waals surface area contributed by atoms with E-state index in [2.05, 4.69) is 20.4 Å². The van der Waals surface area contributed by atoms with Gasteiger partial charge in [0.05, 0.1) is 17.5 Å². The van der Waals surface area contributed by atoms with Crippen LogP contribution in [0.4, 0.5) is 19.0 Å². The van der Waals surface area contributed by atoms with Crippen molar-refractivity contribution in [2.24, 2.45) is 0 Å². The highest BCUT2D eigenvalue weighted by Gasteiger charge is 2.33. The van der Waals surface area contributed by atoms with Crippen LogP contribution >= 0.6 is 11.3 Å². The van der Waals surface area contributed by atoms with E-state index < -0.39 is 17.6 Å². The van der Waals surface area contributed by atoms with Crippen molar-refractivity contribution in [3.8, 4) is 11.3 Å². The van der Waals surface area contributed by atoms with Crippen LogP contribution in [0.2, 0.25) is 0 Å². The number of amides is 1. The molecule has 0 aliphatic carbocycles. The Kier molecular flexibility index (Phi) is 4.34. The predicted octanol–water partition coefficient (Wildman–Crippen LogP) is 4.43. The fraction of sp³-hybridized carbons (Fsp3) is 0.111. The van der Waals surface area contributed by atoms with Gasteiger partial charge in [0.25, 0.3) is 5.91 Å². The van der Waals surface area contributed by atoms with Crippen LogP contribution in [-0.2, 0) is 6.18 Å². The lowest BCUT2D eigenvalue weighted by Gasteiger charge is -2.12. The molecule has 6 nitrogen and oxygen atoms in total. The monoisotopic (exact) mass is 403 g/mol. The number of alkyl halides is 3. The van der Waals surface area contributed by atoms with Gasteiger partial charge in [-0.3, -0.25) is 4.79 Å². The van der Waals surface area contributed by atoms with Gasteiger partial charge in [-0.05, 0) is 25.1 Å². The van der Waals surface area contributed by atoms with Crippen molar-refractivity contribution in [1.82, 2.24) is 19.6 Å². The van der Waals surface area contributed by atoms with Gasteiger partial charge in [-0.2, -0.15) is 22.8 Å². The molecule has 1 N–H and O–H groups in total. The summed E-state index contributed by atoms with van der Waals surface area (Å²) in [6.45, 7) is 1.83. The number of imidazole rings is 1. The maximum Gasteiger partial charge on any atom is 0.417 e. The molecule has 0 aliphatic rings. The van der Waals surface area contributed by atoms with E-state index in [1.54, 1.807) is 12.3 Å². The number of hydrogen-bond acceptors (Lipinski definition) is 5. The topological polar surface area (TPSA) is 72.2 Å². The van der Waals surface area contributed by atoms with Crippen LogP contribution in [0.1, 0.15) is 20.2 Å². The second-order valence-corrected chi connectivity index (χ2v) is 7.14. The van der Waals surface area contributed by atoms with Crippen LogP contribution in [0.3, 0.4) is 0 Å². The summed E-state index contributed by atoms with van der Waals surface area (Å²) in [6, 6.07) is 8.19. The van der Waals surface area contributed by atoms with Gasteiger partial charge in [0.15, 0.2) is 16.5 Å². The number of aromatic nitrogens is 4. The summed E-state index contributed by atoms with van der Waals surface area (Å²) in [5.74, 6) is -0.206. The summed E-state index contributed by atoms with van der Waals surface area (Å²) < 4.78 is 41.3. The summed E-state index contributed by atoms with van der Waals surface area (Å²) in [6.07, 6.45) is -1.54. The summed E-state index contributed by atoms with van der Waals surface area (Å²) in [4.78, 5) is 21.3. The molecule has 4 aromatic rings. The Morgan fingerprint density at radius 2 is 1.89 bits per heavy atom. The molecule has 1 aromatic carbocycles. The molecule has 142 valence electrons. The zero-order valence-electron chi connectivity index (χ0n) is 14.4. The minimum Gasteiger partial charge on any atom is -0.303 e. The Morgan fingerprint density at radius 1 is 1.11 bits per heavy atom. The van der Waals surface area contributed by atoms with Crippen molar-refractivity contribution in [1.29, 1.82) is 0 Å². The average molecular weight is 403 g/mol. The molecular weight excluding hydrogens is 391 g/mol. The standard InChI is InChI=1S/C18H12F3N5OS/c1-10-8-23-17(28-10)16(27)24-15-9-22-14-7-6-13(25-26(14)15)11-4-2-3-5-12(11)18(19,20)21/h2-9H,1H3,(H,24,27). The number of nitrogens with zero attached hydrogens (tertiary/aromatic N) is 4. The number of hydrogen-bond donors (Lipinski definition) is 1. The highest BCUT2D eigenvalue weighted by atomic mass is 32.1. The molecule has 0 bridgehead atoms. The van der Waals surface area contributed by atoms with E-state index in [4.69, 9.17) is 0 Å². The number of anilines is 1. The molecule has 0 saturated heterocycles. The third kappa shape index (κ3) is 3.33. The lowest BCUT2D eigenvalue weighted by atomic mass is 10.0. The summed E-state index contributed by atoms with van der Waals surface area (Å²) in [5, 5.41) is 7.17. The molecule has 0 fully saturated rings. The number of halogens is 3. The van der Waals surface area contributed by atoms with Crippen LogP contribution in [0.25, 0.3) is 16.9 Å². The molecular formula is C18H12F3N5OS. The van der Waals surface area contributed by atoms with Gasteiger partial charge in [-0.15, -0.1) is 11.3 Å². The largest absolute Gasteiger partial charge is 0.417 e. The van der Waals surface area contributed by atoms with Crippen molar-refractivity contribution in [3.63, 3.8) is 0 Å². The molecule has 0 saturated carbocycles. The van der Waals surface area contributed by atoms with Crippen LogP contribution in [-0.4, -0.2) is 25.5 Å². The van der Waals surface area contributed by atoms with Crippen LogP contribution < -0.4 is 5.32 Å². The number of thiazole rings is 1. The third-order valence-corrected chi connectivity index (χ3v) is 4.84. The zero-order valence-corrected chi connectivity index (χ0v) is 15.2. The number of carbonyl (C=O) groups excluding carboxylic acids is 1. The lowest BCUT2D eigenvalue weighted by molar-refractivity contribution is -0.137. The Bertz CT molecular complexity index is 1180. The van der Waals surface area contributed by atoms with Gasteiger partial charge in [0, 0.05) is 16.6 Å². The number of nitrogens with one attached hydrogen (secondary N) is 1. The van der Waals surface area contributed by atoms with E-state index in [9.17, 15) is 18.0 Å². The average Bonchev–Trinajstić information content (AvgIpc) is 3.27.